The molecule has 2 atom stereocenters. The summed E-state index contributed by atoms with van der Waals surface area (Å²) in [5.74, 6) is 1.42. The molecular weight excluding hydrogens is 228 g/mol. The Morgan fingerprint density at radius 1 is 1.61 bits per heavy atom. The van der Waals surface area contributed by atoms with E-state index in [1.165, 1.54) is 12.6 Å². The molecule has 1 heterocycles. The number of nitrogen functional groups attached to an aromatic ring is 1. The summed E-state index contributed by atoms with van der Waals surface area (Å²) in [6.07, 6.45) is 5.58. The Balaban J connectivity index is 2.38. The van der Waals surface area contributed by atoms with Gasteiger partial charge in [-0.3, -0.25) is 0 Å². The summed E-state index contributed by atoms with van der Waals surface area (Å²) in [5, 5.41) is 8.84. The first-order valence-corrected chi connectivity index (χ1v) is 6.19. The predicted octanol–water partition coefficient (Wildman–Crippen LogP) is 1.98. The minimum atomic E-state index is -0.445. The molecule has 0 aliphatic heterocycles. The highest BCUT2D eigenvalue weighted by molar-refractivity contribution is 5.46. The third kappa shape index (κ3) is 2.16. The first-order chi connectivity index (χ1) is 8.61. The van der Waals surface area contributed by atoms with Gasteiger partial charge in [0.15, 0.2) is 5.82 Å². The minimum Gasteiger partial charge on any atom is -0.382 e. The van der Waals surface area contributed by atoms with Crippen molar-refractivity contribution in [2.24, 2.45) is 5.92 Å². The van der Waals surface area contributed by atoms with Gasteiger partial charge >= 0.3 is 0 Å². The smallest absolute Gasteiger partial charge is 0.162 e. The fourth-order valence-corrected chi connectivity index (χ4v) is 2.68. The van der Waals surface area contributed by atoms with Gasteiger partial charge in [-0.2, -0.15) is 5.26 Å². The van der Waals surface area contributed by atoms with Crippen LogP contribution in [0.4, 0.5) is 5.82 Å². The van der Waals surface area contributed by atoms with Crippen molar-refractivity contribution in [2.75, 3.05) is 12.8 Å². The van der Waals surface area contributed by atoms with Crippen molar-refractivity contribution in [3.05, 3.63) is 17.6 Å². The van der Waals surface area contributed by atoms with Crippen molar-refractivity contribution in [3.8, 4) is 6.07 Å². The van der Waals surface area contributed by atoms with E-state index in [1.54, 1.807) is 7.11 Å². The van der Waals surface area contributed by atoms with Gasteiger partial charge in [-0.05, 0) is 25.2 Å². The fraction of sp³-hybridized carbons (Fsp3) is 0.615. The average Bonchev–Trinajstić information content (AvgIpc) is 2.38. The third-order valence-electron chi connectivity index (χ3n) is 3.69. The van der Waals surface area contributed by atoms with E-state index < -0.39 is 5.60 Å². The van der Waals surface area contributed by atoms with Crippen molar-refractivity contribution < 1.29 is 4.74 Å². The summed E-state index contributed by atoms with van der Waals surface area (Å²) in [6.45, 7) is 2.21. The van der Waals surface area contributed by atoms with E-state index in [9.17, 15) is 0 Å². The normalized spacial score (nSPS) is 27.7. The van der Waals surface area contributed by atoms with Gasteiger partial charge in [0.1, 0.15) is 23.1 Å². The number of nitrogens with zero attached hydrogens (tertiary/aromatic N) is 3. The zero-order valence-electron chi connectivity index (χ0n) is 10.8. The number of nitrogens with two attached hydrogens (primary N) is 1. The lowest BCUT2D eigenvalue weighted by molar-refractivity contribution is -0.0645. The summed E-state index contributed by atoms with van der Waals surface area (Å²) in [4.78, 5) is 8.54. The Labute approximate surface area is 107 Å². The molecule has 2 unspecified atom stereocenters. The molecule has 0 saturated heterocycles. The lowest BCUT2D eigenvalue weighted by Gasteiger charge is -2.37. The molecule has 5 nitrogen and oxygen atoms in total. The standard InChI is InChI=1S/C13H18N4O/c1-9-4-3-5-13(6-9,18-2)12-16-8-10(7-14)11(15)17-12/h8-9H,3-6H2,1-2H3,(H2,15,16,17). The monoisotopic (exact) mass is 246 g/mol. The van der Waals surface area contributed by atoms with Crippen molar-refractivity contribution in [1.29, 1.82) is 5.26 Å². The molecule has 0 radical (unpaired) electrons. The second-order valence-electron chi connectivity index (χ2n) is 5.00. The number of anilines is 1. The fourth-order valence-electron chi connectivity index (χ4n) is 2.68. The van der Waals surface area contributed by atoms with Crippen LogP contribution in [-0.4, -0.2) is 17.1 Å². The Bertz CT molecular complexity index is 482. The highest BCUT2D eigenvalue weighted by Gasteiger charge is 2.39. The van der Waals surface area contributed by atoms with E-state index >= 15 is 0 Å². The maximum absolute atomic E-state index is 8.84. The number of hydrogen-bond acceptors (Lipinski definition) is 5. The average molecular weight is 246 g/mol. The molecule has 1 saturated carbocycles. The van der Waals surface area contributed by atoms with Crippen LogP contribution in [0.1, 0.15) is 44.0 Å². The molecule has 0 amide bonds. The largest absolute Gasteiger partial charge is 0.382 e. The number of rotatable bonds is 2. The van der Waals surface area contributed by atoms with Gasteiger partial charge in [-0.15, -0.1) is 0 Å². The zero-order valence-corrected chi connectivity index (χ0v) is 10.8. The van der Waals surface area contributed by atoms with Crippen LogP contribution >= 0.6 is 0 Å². The quantitative estimate of drug-likeness (QED) is 0.862. The minimum absolute atomic E-state index is 0.233. The van der Waals surface area contributed by atoms with Crippen molar-refractivity contribution in [1.82, 2.24) is 9.97 Å². The van der Waals surface area contributed by atoms with Gasteiger partial charge in [0.2, 0.25) is 0 Å². The summed E-state index contributed by atoms with van der Waals surface area (Å²) in [5.41, 5.74) is 5.63. The molecule has 1 aromatic rings. The van der Waals surface area contributed by atoms with Crippen LogP contribution in [0.3, 0.4) is 0 Å². The van der Waals surface area contributed by atoms with E-state index in [4.69, 9.17) is 15.7 Å². The molecule has 96 valence electrons. The Morgan fingerprint density at radius 2 is 2.39 bits per heavy atom. The van der Waals surface area contributed by atoms with Crippen LogP contribution in [0, 0.1) is 17.2 Å². The van der Waals surface area contributed by atoms with E-state index in [1.807, 2.05) is 6.07 Å². The van der Waals surface area contributed by atoms with E-state index in [2.05, 4.69) is 16.9 Å². The molecule has 2 N–H and O–H groups in total. The lowest BCUT2D eigenvalue weighted by Crippen LogP contribution is -2.36. The van der Waals surface area contributed by atoms with Crippen molar-refractivity contribution in [2.45, 2.75) is 38.2 Å². The van der Waals surface area contributed by atoms with Crippen LogP contribution < -0.4 is 5.73 Å². The molecule has 18 heavy (non-hydrogen) atoms. The van der Waals surface area contributed by atoms with Crippen LogP contribution in [0.5, 0.6) is 0 Å². The Morgan fingerprint density at radius 3 is 2.94 bits per heavy atom. The molecule has 0 bridgehead atoms. The second kappa shape index (κ2) is 4.91. The third-order valence-corrected chi connectivity index (χ3v) is 3.69. The maximum Gasteiger partial charge on any atom is 0.162 e. The van der Waals surface area contributed by atoms with E-state index in [0.29, 0.717) is 17.3 Å². The predicted molar refractivity (Wildman–Crippen MR) is 67.5 cm³/mol. The molecule has 2 rings (SSSR count). The topological polar surface area (TPSA) is 84.8 Å². The van der Waals surface area contributed by atoms with Crippen LogP contribution in [0.2, 0.25) is 0 Å². The van der Waals surface area contributed by atoms with Gasteiger partial charge in [0.05, 0.1) is 6.20 Å². The number of ether oxygens (including phenoxy) is 1. The van der Waals surface area contributed by atoms with Crippen LogP contribution in [0.25, 0.3) is 0 Å². The first kappa shape index (κ1) is 12.8. The van der Waals surface area contributed by atoms with Gasteiger partial charge in [0, 0.05) is 7.11 Å². The number of hydrogen-bond donors (Lipinski definition) is 1. The molecular formula is C13H18N4O. The molecule has 0 aromatic carbocycles. The molecule has 5 heteroatoms. The van der Waals surface area contributed by atoms with Crippen LogP contribution in [0.15, 0.2) is 6.20 Å². The Kier molecular flexibility index (Phi) is 3.48. The van der Waals surface area contributed by atoms with Gasteiger partial charge < -0.3 is 10.5 Å². The molecule has 1 aliphatic rings. The molecule has 0 spiro atoms. The van der Waals surface area contributed by atoms with E-state index in [-0.39, 0.29) is 5.82 Å². The van der Waals surface area contributed by atoms with Gasteiger partial charge in [0.25, 0.3) is 0 Å². The van der Waals surface area contributed by atoms with E-state index in [0.717, 1.165) is 19.3 Å². The first-order valence-electron chi connectivity index (χ1n) is 6.19. The lowest BCUT2D eigenvalue weighted by atomic mass is 9.78. The SMILES string of the molecule is COC1(c2ncc(C#N)c(N)n2)CCCC(C)C1. The van der Waals surface area contributed by atoms with Gasteiger partial charge in [-0.1, -0.05) is 13.3 Å². The van der Waals surface area contributed by atoms with Crippen molar-refractivity contribution in [3.63, 3.8) is 0 Å². The highest BCUT2D eigenvalue weighted by atomic mass is 16.5. The number of nitriles is 1. The summed E-state index contributed by atoms with van der Waals surface area (Å²) in [7, 11) is 1.69. The maximum atomic E-state index is 8.84. The second-order valence-corrected chi connectivity index (χ2v) is 5.00. The highest BCUT2D eigenvalue weighted by Crippen LogP contribution is 2.41. The van der Waals surface area contributed by atoms with Crippen molar-refractivity contribution >= 4 is 5.82 Å². The van der Waals surface area contributed by atoms with Gasteiger partial charge in [-0.25, -0.2) is 9.97 Å². The molecule has 1 fully saturated rings. The van der Waals surface area contributed by atoms with Crippen LogP contribution in [-0.2, 0) is 10.3 Å². The Hall–Kier alpha value is -1.67. The molecule has 1 aromatic heterocycles. The number of methoxy groups -OCH3 is 1. The number of aromatic nitrogens is 2. The summed E-state index contributed by atoms with van der Waals surface area (Å²) in [6, 6.07) is 1.97. The summed E-state index contributed by atoms with van der Waals surface area (Å²) < 4.78 is 5.70. The summed E-state index contributed by atoms with van der Waals surface area (Å²) >= 11 is 0. The molecule has 1 aliphatic carbocycles. The zero-order chi connectivity index (χ0) is 13.2.